The van der Waals surface area contributed by atoms with Crippen LogP contribution >= 0.6 is 12.6 Å². The van der Waals surface area contributed by atoms with E-state index in [2.05, 4.69) is 23.3 Å². The zero-order valence-electron chi connectivity index (χ0n) is 71.5. The summed E-state index contributed by atoms with van der Waals surface area (Å²) in [5, 5.41) is 5.78. The van der Waals surface area contributed by atoms with Crippen LogP contribution in [-0.4, -0.2) is 157 Å². The second-order valence-electron chi connectivity index (χ2n) is 31.9. The van der Waals surface area contributed by atoms with Crippen molar-refractivity contribution in [2.24, 2.45) is 20.0 Å². The number of unbranched alkanes of at least 4 members (excludes halogenated alkanes) is 2. The van der Waals surface area contributed by atoms with Crippen molar-refractivity contribution >= 4 is 139 Å². The van der Waals surface area contributed by atoms with Crippen LogP contribution in [0.4, 0.5) is 45.5 Å². The number of carbonyl (C=O) groups excluding carboxylic acids is 6. The number of para-hydroxylation sites is 4. The highest BCUT2D eigenvalue weighted by Crippen LogP contribution is 2.48. The van der Waals surface area contributed by atoms with E-state index in [1.165, 1.54) is 0 Å². The number of hydrogen-bond acceptors (Lipinski definition) is 22. The molecular weight excluding hydrogens is 1680 g/mol. The number of rotatable bonds is 33. The Bertz CT molecular complexity index is 5820. The minimum Gasteiger partial charge on any atom is -0.494 e. The van der Waals surface area contributed by atoms with Crippen LogP contribution in [0.5, 0.6) is 57.5 Å². The quantitative estimate of drug-likeness (QED) is 0.0254. The predicted molar refractivity (Wildman–Crippen MR) is 502 cm³/mol. The Kier molecular flexibility index (Phi) is 26.6. The maximum absolute atomic E-state index is 14.0. The molecular formula is C99H96N10O16S3. The lowest BCUT2D eigenvalue weighted by Gasteiger charge is -2.22. The molecule has 8 heterocycles. The first-order valence-corrected chi connectivity index (χ1v) is 46.0. The third-order valence-electron chi connectivity index (χ3n) is 23.4. The molecule has 2 N–H and O–H groups in total. The molecule has 1 unspecified atom stereocenters. The Morgan fingerprint density at radius 3 is 0.938 bits per heavy atom. The van der Waals surface area contributed by atoms with Crippen LogP contribution < -0.4 is 77.6 Å². The van der Waals surface area contributed by atoms with Gasteiger partial charge in [-0.2, -0.15) is 12.6 Å². The van der Waals surface area contributed by atoms with Crippen molar-refractivity contribution in [3.63, 3.8) is 0 Å². The van der Waals surface area contributed by atoms with Gasteiger partial charge in [-0.25, -0.2) is 0 Å². The highest BCUT2D eigenvalue weighted by molar-refractivity contribution is 8.28. The number of carbonyl (C=O) groups is 6. The van der Waals surface area contributed by atoms with Crippen LogP contribution in [0.25, 0.3) is 0 Å². The van der Waals surface area contributed by atoms with E-state index in [0.717, 1.165) is 73.0 Å². The van der Waals surface area contributed by atoms with Gasteiger partial charge in [0.2, 0.25) is 11.8 Å². The molecule has 656 valence electrons. The van der Waals surface area contributed by atoms with Gasteiger partial charge in [-0.05, 0) is 161 Å². The third kappa shape index (κ3) is 18.9. The van der Waals surface area contributed by atoms with E-state index in [4.69, 9.17) is 78.5 Å². The van der Waals surface area contributed by atoms with Gasteiger partial charge in [-0.15, -0.1) is 9.45 Å². The average Bonchev–Trinajstić information content (AvgIpc) is 1.62. The van der Waals surface area contributed by atoms with Gasteiger partial charge < -0.3 is 58.0 Å². The Labute approximate surface area is 754 Å². The van der Waals surface area contributed by atoms with Gasteiger partial charge in [-0.3, -0.25) is 68.3 Å². The van der Waals surface area contributed by atoms with Crippen molar-refractivity contribution in [3.8, 4) is 57.5 Å². The zero-order chi connectivity index (χ0) is 88.5. The summed E-state index contributed by atoms with van der Waals surface area (Å²) in [4.78, 5) is 107. The second-order valence-corrected chi connectivity index (χ2v) is 35.6. The van der Waals surface area contributed by atoms with E-state index >= 15 is 0 Å². The molecule has 6 amide bonds. The fourth-order valence-corrected chi connectivity index (χ4v) is 18.0. The number of aliphatic imine (C=N–C) groups is 4. The first kappa shape index (κ1) is 86.7. The van der Waals surface area contributed by atoms with Crippen LogP contribution in [0.15, 0.2) is 202 Å². The van der Waals surface area contributed by atoms with Crippen LogP contribution in [0.3, 0.4) is 0 Å². The fraction of sp³-hybridized carbons (Fsp3) is 0.293. The van der Waals surface area contributed by atoms with E-state index in [1.54, 1.807) is 96.6 Å². The minimum absolute atomic E-state index is 0.00648. The average molecular weight is 1780 g/mol. The van der Waals surface area contributed by atoms with Gasteiger partial charge in [0.1, 0.15) is 37.9 Å². The highest BCUT2D eigenvalue weighted by Gasteiger charge is 2.42. The van der Waals surface area contributed by atoms with Crippen LogP contribution in [-0.2, 0) is 82.3 Å². The van der Waals surface area contributed by atoms with Crippen molar-refractivity contribution in [1.29, 1.82) is 0 Å². The predicted octanol–water partition coefficient (Wildman–Crippen LogP) is 15.8. The summed E-state index contributed by atoms with van der Waals surface area (Å²) in [6, 6.07) is 56.3. The monoisotopic (exact) mass is 1780 g/mol. The molecule has 18 rings (SSSR count). The number of anilines is 4. The fourth-order valence-electron chi connectivity index (χ4n) is 17.2. The molecule has 0 aliphatic carbocycles. The molecule has 8 aliphatic rings. The summed E-state index contributed by atoms with van der Waals surface area (Å²) in [6.45, 7) is 2.42. The lowest BCUT2D eigenvalue weighted by molar-refractivity contribution is -0.121. The highest BCUT2D eigenvalue weighted by atomic mass is 32.8. The maximum atomic E-state index is 14.0. The Balaban J connectivity index is 0.000000180. The van der Waals surface area contributed by atoms with Crippen molar-refractivity contribution in [2.75, 3.05) is 92.1 Å². The standard InChI is InChI=1S/C50H49N5O8S2.C49H47N5O8S/c1-59-44-23-38-40(52-27-35-21-33-10-4-6-12-42(33)54(35)49(38)57)25-46(44)62-29-31-18-32(20-37(19-31)61-16-9-8-14-48(56)51-15-17-65(3)64)30-63-47-26-41-39(24-45(47)60-2)50(58)55-36(28-53-41)22-34-11-5-7-13-43(34)55;1-58-43-22-37-39(51-26-34-20-32-9-3-5-11-41(32)53(34)48(37)56)24-45(43)61-28-30-17-31(19-36(18-30)60-15-8-7-13-47(55)50-14-16-63)29-62-46-25-40-38(23-44(46)59-2)49(57)54-35(27-52-40)21-33-10-4-6-12-42(33)54/h4-7,10-13,18-20,23-28,35-36H,8-9,14-17,21-22,29-30H2,1-3H3,(H,51,56);3-6,9-12,17-19,22-27,34-35,63H,7-8,13-16,20-21,28-29H2,1-2H3,(H,50,55)/t35-,36-,65?;34-,35-/m00/s1. The summed E-state index contributed by atoms with van der Waals surface area (Å²) in [7, 11) is 6.04. The van der Waals surface area contributed by atoms with Gasteiger partial charge >= 0.3 is 0 Å². The van der Waals surface area contributed by atoms with E-state index in [9.17, 15) is 28.8 Å². The van der Waals surface area contributed by atoms with Gasteiger partial charge in [-0.1, -0.05) is 84.0 Å². The van der Waals surface area contributed by atoms with Crippen LogP contribution in [0, 0.1) is 0 Å². The summed E-state index contributed by atoms with van der Waals surface area (Å²) in [5.74, 6) is 5.31. The number of amides is 6. The number of nitrogens with zero attached hydrogens (tertiary/aromatic N) is 8. The summed E-state index contributed by atoms with van der Waals surface area (Å²) in [5.41, 5.74) is 14.8. The number of methoxy groups -OCH3 is 4. The van der Waals surface area contributed by atoms with Crippen LogP contribution in [0.2, 0.25) is 0 Å². The summed E-state index contributed by atoms with van der Waals surface area (Å²) in [6.07, 6.45) is 15.5. The maximum Gasteiger partial charge on any atom is 0.261 e. The van der Waals surface area contributed by atoms with E-state index in [1.807, 2.05) is 165 Å². The molecule has 26 nitrogen and oxygen atoms in total. The number of thiol groups is 1. The van der Waals surface area contributed by atoms with Gasteiger partial charge in [0.05, 0.1) is 111 Å². The number of ether oxygens (including phenoxy) is 10. The first-order valence-electron chi connectivity index (χ1n) is 42.7. The van der Waals surface area contributed by atoms with E-state index in [-0.39, 0.29) is 95.5 Å². The van der Waals surface area contributed by atoms with E-state index < -0.39 is 0 Å². The lowest BCUT2D eigenvalue weighted by atomic mass is 10.1. The second kappa shape index (κ2) is 39.2. The molecule has 128 heavy (non-hydrogen) atoms. The third-order valence-corrected chi connectivity index (χ3v) is 24.9. The van der Waals surface area contributed by atoms with Gasteiger partial charge in [0.25, 0.3) is 23.6 Å². The number of nitrogens with one attached hydrogen (secondary N) is 2. The normalized spacial score (nSPS) is 16.7. The molecule has 0 aromatic heterocycles. The molecule has 0 radical (unpaired) electrons. The largest absolute Gasteiger partial charge is 0.494 e. The van der Waals surface area contributed by atoms with Crippen molar-refractivity contribution < 1.29 is 76.1 Å². The number of benzene rings is 10. The van der Waals surface area contributed by atoms with Crippen molar-refractivity contribution in [2.45, 2.75) is 115 Å². The molecule has 0 spiro atoms. The SMILES string of the molecule is COc1cc2c(cc1OCc1cc(COc3cc4c(cc3OC)C(=O)N3c5ccccc5C[C@H]3C=N4)cc(OCCCCC(=O)NCCS(C)=S)c1)N=C[C@@H]1Cc3ccccc3N1C2=O.COc1cc2c(cc1OCc1cc(COc3cc4c(cc3OC)C(=O)N3c5ccccc5C[C@H]3C=N4)cc(OCCCCC(=O)NCCS)c1)N=C[C@@H]1Cc3ccccc3N1C2=O. The van der Waals surface area contributed by atoms with E-state index in [0.29, 0.717) is 199 Å². The lowest BCUT2D eigenvalue weighted by Crippen LogP contribution is -2.37. The molecule has 8 aliphatic heterocycles. The molecule has 0 fully saturated rings. The molecule has 0 saturated carbocycles. The first-order chi connectivity index (χ1) is 62.5. The number of fused-ring (bicyclic) bond motifs is 16. The Hall–Kier alpha value is -13.4. The molecule has 0 saturated heterocycles. The smallest absolute Gasteiger partial charge is 0.261 e. The van der Waals surface area contributed by atoms with Crippen molar-refractivity contribution in [1.82, 2.24) is 10.6 Å². The minimum atomic E-state index is -0.189. The van der Waals surface area contributed by atoms with Gasteiger partial charge in [0.15, 0.2) is 46.0 Å². The molecule has 0 bridgehead atoms. The van der Waals surface area contributed by atoms with Crippen molar-refractivity contribution in [3.05, 3.63) is 249 Å². The summed E-state index contributed by atoms with van der Waals surface area (Å²) >= 11 is 9.38. The Morgan fingerprint density at radius 2 is 0.664 bits per heavy atom. The number of hydrogen-bond donors (Lipinski definition) is 3. The Morgan fingerprint density at radius 1 is 0.383 bits per heavy atom. The molecule has 29 heteroatoms. The molecule has 10 aromatic carbocycles. The molecule has 10 aromatic rings. The zero-order valence-corrected chi connectivity index (χ0v) is 74.0. The molecule has 5 atom stereocenters. The topological polar surface area (TPSA) is 281 Å². The van der Waals surface area contributed by atoms with Gasteiger partial charge in [0, 0.05) is 135 Å². The van der Waals surface area contributed by atoms with Crippen LogP contribution in [0.1, 0.15) is 124 Å². The summed E-state index contributed by atoms with van der Waals surface area (Å²) < 4.78 is 61.3.